The molecule has 2 amide bonds. The molecule has 2 heterocycles. The van der Waals surface area contributed by atoms with Gasteiger partial charge in [-0.2, -0.15) is 0 Å². The summed E-state index contributed by atoms with van der Waals surface area (Å²) in [4.78, 5) is 39.8. The number of hydrogen-bond acceptors (Lipinski definition) is 5. The lowest BCUT2D eigenvalue weighted by molar-refractivity contribution is -0.145. The van der Waals surface area contributed by atoms with Crippen LogP contribution in [0.1, 0.15) is 46.5 Å². The van der Waals surface area contributed by atoms with Crippen molar-refractivity contribution in [1.82, 2.24) is 9.80 Å². The van der Waals surface area contributed by atoms with E-state index in [0.29, 0.717) is 19.6 Å². The van der Waals surface area contributed by atoms with Crippen LogP contribution in [0.3, 0.4) is 0 Å². The molecule has 0 aliphatic carbocycles. The topological polar surface area (TPSA) is 76.2 Å². The third-order valence-electron chi connectivity index (χ3n) is 4.43. The molecule has 2 aliphatic rings. The summed E-state index contributed by atoms with van der Waals surface area (Å²) in [6.07, 6.45) is 2.51. The minimum atomic E-state index is -0.543. The van der Waals surface area contributed by atoms with E-state index in [4.69, 9.17) is 9.47 Å². The van der Waals surface area contributed by atoms with E-state index in [1.807, 2.05) is 20.8 Å². The van der Waals surface area contributed by atoms with E-state index < -0.39 is 11.5 Å². The molecule has 0 radical (unpaired) electrons. The highest BCUT2D eigenvalue weighted by molar-refractivity contribution is 5.87. The fourth-order valence-electron chi connectivity index (χ4n) is 3.28. The molecule has 2 aliphatic heterocycles. The van der Waals surface area contributed by atoms with Crippen molar-refractivity contribution >= 4 is 18.0 Å². The van der Waals surface area contributed by atoms with Gasteiger partial charge in [0.25, 0.3) is 0 Å². The molecular formula is C17H28N2O5. The molecule has 2 fully saturated rings. The molecule has 0 spiro atoms. The standard InChI is InChI=1S/C17H28N2O5/c1-17(2,3)24-16(22)18-8-6-5-7-13(11-18)19-10-12(9-14(19)20)15(21)23-4/h12-13H,5-11H2,1-4H3. The van der Waals surface area contributed by atoms with Crippen LogP contribution in [-0.4, -0.2) is 66.2 Å². The van der Waals surface area contributed by atoms with Gasteiger partial charge in [0.2, 0.25) is 5.91 Å². The van der Waals surface area contributed by atoms with Crippen LogP contribution in [0, 0.1) is 5.92 Å². The van der Waals surface area contributed by atoms with Gasteiger partial charge in [0, 0.05) is 32.1 Å². The lowest BCUT2D eigenvalue weighted by atomic mass is 10.1. The Morgan fingerprint density at radius 2 is 1.88 bits per heavy atom. The SMILES string of the molecule is COC(=O)C1CC(=O)N(C2CCCCN(C(=O)OC(C)(C)C)C2)C1. The van der Waals surface area contributed by atoms with Gasteiger partial charge in [-0.3, -0.25) is 9.59 Å². The molecule has 2 rings (SSSR count). The molecule has 24 heavy (non-hydrogen) atoms. The Morgan fingerprint density at radius 1 is 1.17 bits per heavy atom. The molecule has 0 aromatic heterocycles. The van der Waals surface area contributed by atoms with Gasteiger partial charge in [-0.1, -0.05) is 0 Å². The monoisotopic (exact) mass is 340 g/mol. The van der Waals surface area contributed by atoms with Crippen molar-refractivity contribution in [2.24, 2.45) is 5.92 Å². The second kappa shape index (κ2) is 7.40. The highest BCUT2D eigenvalue weighted by atomic mass is 16.6. The molecule has 0 aromatic carbocycles. The molecule has 2 atom stereocenters. The largest absolute Gasteiger partial charge is 0.469 e. The van der Waals surface area contributed by atoms with Crippen molar-refractivity contribution in [3.63, 3.8) is 0 Å². The van der Waals surface area contributed by atoms with Crippen LogP contribution in [0.5, 0.6) is 0 Å². The number of ether oxygens (including phenoxy) is 2. The van der Waals surface area contributed by atoms with Gasteiger partial charge in [0.1, 0.15) is 5.60 Å². The third kappa shape index (κ3) is 4.61. The van der Waals surface area contributed by atoms with Crippen LogP contribution >= 0.6 is 0 Å². The van der Waals surface area contributed by atoms with Crippen molar-refractivity contribution in [1.29, 1.82) is 0 Å². The maximum atomic E-state index is 12.4. The van der Waals surface area contributed by atoms with Gasteiger partial charge in [-0.05, 0) is 40.0 Å². The number of methoxy groups -OCH3 is 1. The Morgan fingerprint density at radius 3 is 2.50 bits per heavy atom. The molecule has 0 aromatic rings. The van der Waals surface area contributed by atoms with Crippen LogP contribution in [-0.2, 0) is 19.1 Å². The van der Waals surface area contributed by atoms with E-state index in [-0.39, 0.29) is 30.4 Å². The molecular weight excluding hydrogens is 312 g/mol. The number of amides is 2. The number of hydrogen-bond donors (Lipinski definition) is 0. The van der Waals surface area contributed by atoms with Crippen molar-refractivity contribution in [3.8, 4) is 0 Å². The number of esters is 1. The molecule has 0 saturated carbocycles. The predicted molar refractivity (Wildman–Crippen MR) is 87.3 cm³/mol. The summed E-state index contributed by atoms with van der Waals surface area (Å²) in [5.41, 5.74) is -0.543. The first-order valence-electron chi connectivity index (χ1n) is 8.56. The number of rotatable bonds is 2. The highest BCUT2D eigenvalue weighted by Gasteiger charge is 2.40. The molecule has 0 bridgehead atoms. The van der Waals surface area contributed by atoms with Crippen molar-refractivity contribution < 1.29 is 23.9 Å². The Labute approximate surface area is 143 Å². The smallest absolute Gasteiger partial charge is 0.410 e. The molecule has 7 nitrogen and oxygen atoms in total. The molecule has 136 valence electrons. The van der Waals surface area contributed by atoms with Gasteiger partial charge in [0.05, 0.1) is 13.0 Å². The Kier molecular flexibility index (Phi) is 5.72. The quantitative estimate of drug-likeness (QED) is 0.717. The fraction of sp³-hybridized carbons (Fsp3) is 0.824. The van der Waals surface area contributed by atoms with E-state index in [2.05, 4.69) is 0 Å². The van der Waals surface area contributed by atoms with Crippen LogP contribution in [0.25, 0.3) is 0 Å². The van der Waals surface area contributed by atoms with Gasteiger partial charge >= 0.3 is 12.1 Å². The minimum Gasteiger partial charge on any atom is -0.469 e. The summed E-state index contributed by atoms with van der Waals surface area (Å²) in [5, 5.41) is 0. The predicted octanol–water partition coefficient (Wildman–Crippen LogP) is 1.80. The van der Waals surface area contributed by atoms with E-state index in [9.17, 15) is 14.4 Å². The lowest BCUT2D eigenvalue weighted by Crippen LogP contribution is -2.47. The van der Waals surface area contributed by atoms with Gasteiger partial charge in [0.15, 0.2) is 0 Å². The molecule has 2 unspecified atom stereocenters. The Hall–Kier alpha value is -1.79. The number of nitrogens with zero attached hydrogens (tertiary/aromatic N) is 2. The maximum Gasteiger partial charge on any atom is 0.410 e. The number of carbonyl (C=O) groups is 3. The second-order valence-electron chi connectivity index (χ2n) is 7.55. The highest BCUT2D eigenvalue weighted by Crippen LogP contribution is 2.26. The molecule has 0 N–H and O–H groups in total. The number of likely N-dealkylation sites (tertiary alicyclic amines) is 2. The van der Waals surface area contributed by atoms with Crippen LogP contribution < -0.4 is 0 Å². The van der Waals surface area contributed by atoms with E-state index >= 15 is 0 Å². The normalized spacial score (nSPS) is 25.4. The van der Waals surface area contributed by atoms with E-state index in [1.165, 1.54) is 7.11 Å². The van der Waals surface area contributed by atoms with Gasteiger partial charge in [-0.25, -0.2) is 4.79 Å². The van der Waals surface area contributed by atoms with Crippen molar-refractivity contribution in [2.45, 2.75) is 58.1 Å². The van der Waals surface area contributed by atoms with Crippen LogP contribution in [0.15, 0.2) is 0 Å². The molecule has 7 heteroatoms. The van der Waals surface area contributed by atoms with Gasteiger partial charge in [-0.15, -0.1) is 0 Å². The number of carbonyl (C=O) groups excluding carboxylic acids is 3. The minimum absolute atomic E-state index is 0.0403. The zero-order chi connectivity index (χ0) is 17.9. The summed E-state index contributed by atoms with van der Waals surface area (Å²) in [6, 6.07) is -0.0674. The average Bonchev–Trinajstić information content (AvgIpc) is 2.72. The third-order valence-corrected chi connectivity index (χ3v) is 4.43. The zero-order valence-electron chi connectivity index (χ0n) is 15.0. The second-order valence-corrected chi connectivity index (χ2v) is 7.55. The Balaban J connectivity index is 2.03. The van der Waals surface area contributed by atoms with E-state index in [0.717, 1.165) is 19.3 Å². The first-order valence-corrected chi connectivity index (χ1v) is 8.56. The summed E-state index contributed by atoms with van der Waals surface area (Å²) in [7, 11) is 1.34. The summed E-state index contributed by atoms with van der Waals surface area (Å²) in [5.74, 6) is -0.786. The van der Waals surface area contributed by atoms with Crippen LogP contribution in [0.2, 0.25) is 0 Å². The van der Waals surface area contributed by atoms with Crippen LogP contribution in [0.4, 0.5) is 4.79 Å². The lowest BCUT2D eigenvalue weighted by Gasteiger charge is -2.32. The zero-order valence-corrected chi connectivity index (χ0v) is 15.0. The first-order chi connectivity index (χ1) is 11.2. The van der Waals surface area contributed by atoms with Gasteiger partial charge < -0.3 is 19.3 Å². The fourth-order valence-corrected chi connectivity index (χ4v) is 3.28. The summed E-state index contributed by atoms with van der Waals surface area (Å²) >= 11 is 0. The Bertz CT molecular complexity index is 500. The first kappa shape index (κ1) is 18.5. The maximum absolute atomic E-state index is 12.4. The summed E-state index contributed by atoms with van der Waals surface area (Å²) in [6.45, 7) is 6.97. The van der Waals surface area contributed by atoms with Crippen molar-refractivity contribution in [3.05, 3.63) is 0 Å². The van der Waals surface area contributed by atoms with E-state index in [1.54, 1.807) is 9.80 Å². The van der Waals surface area contributed by atoms with Crippen molar-refractivity contribution in [2.75, 3.05) is 26.7 Å². The molecule has 2 saturated heterocycles. The summed E-state index contributed by atoms with van der Waals surface area (Å²) < 4.78 is 10.2. The average molecular weight is 340 g/mol.